The van der Waals surface area contributed by atoms with Crippen LogP contribution in [0.15, 0.2) is 43.0 Å². The molecule has 0 radical (unpaired) electrons. The van der Waals surface area contributed by atoms with E-state index in [0.29, 0.717) is 6.54 Å². The summed E-state index contributed by atoms with van der Waals surface area (Å²) in [4.78, 5) is 11.1. The molecule has 0 saturated carbocycles. The van der Waals surface area contributed by atoms with Gasteiger partial charge in [0, 0.05) is 12.0 Å². The van der Waals surface area contributed by atoms with Crippen molar-refractivity contribution in [1.82, 2.24) is 5.32 Å². The van der Waals surface area contributed by atoms with Crippen LogP contribution in [-0.2, 0) is 10.2 Å². The Morgan fingerprint density at radius 1 is 1.50 bits per heavy atom. The van der Waals surface area contributed by atoms with Gasteiger partial charge in [-0.15, -0.1) is 0 Å². The number of benzene rings is 1. The van der Waals surface area contributed by atoms with Crippen molar-refractivity contribution >= 4 is 5.91 Å². The molecule has 1 rings (SSSR count). The number of carbonyl (C=O) groups excluding carboxylic acids is 1. The Morgan fingerprint density at radius 3 is 2.62 bits per heavy atom. The maximum atomic E-state index is 11.1. The van der Waals surface area contributed by atoms with Crippen molar-refractivity contribution < 1.29 is 9.90 Å². The first-order valence-corrected chi connectivity index (χ1v) is 5.19. The summed E-state index contributed by atoms with van der Waals surface area (Å²) in [5, 5.41) is 12.2. The van der Waals surface area contributed by atoms with E-state index in [1.807, 2.05) is 37.3 Å². The molecule has 0 bridgehead atoms. The summed E-state index contributed by atoms with van der Waals surface area (Å²) in [6, 6.07) is 9.63. The fourth-order valence-corrected chi connectivity index (χ4v) is 1.44. The molecule has 86 valence electrons. The van der Waals surface area contributed by atoms with Crippen molar-refractivity contribution in [3.8, 4) is 0 Å². The Kier molecular flexibility index (Phi) is 4.26. The van der Waals surface area contributed by atoms with Gasteiger partial charge in [-0.25, -0.2) is 0 Å². The minimum Gasteiger partial charge on any atom is -0.395 e. The second-order valence-corrected chi connectivity index (χ2v) is 4.01. The topological polar surface area (TPSA) is 49.3 Å². The van der Waals surface area contributed by atoms with Crippen LogP contribution >= 0.6 is 0 Å². The standard InChI is InChI=1S/C13H17NO2/c1-3-12(16)14-9-13(2,10-15)11-7-5-4-6-8-11/h3-8,15H,1,9-10H2,2H3,(H,14,16). The van der Waals surface area contributed by atoms with Gasteiger partial charge in [0.05, 0.1) is 6.61 Å². The van der Waals surface area contributed by atoms with Crippen molar-refractivity contribution in [2.45, 2.75) is 12.3 Å². The van der Waals surface area contributed by atoms with Gasteiger partial charge in [0.15, 0.2) is 0 Å². The summed E-state index contributed by atoms with van der Waals surface area (Å²) in [6.07, 6.45) is 1.22. The van der Waals surface area contributed by atoms with Crippen LogP contribution in [-0.4, -0.2) is 24.2 Å². The van der Waals surface area contributed by atoms with Gasteiger partial charge in [0.1, 0.15) is 0 Å². The highest BCUT2D eigenvalue weighted by Crippen LogP contribution is 2.21. The molecule has 3 nitrogen and oxygen atoms in total. The second kappa shape index (κ2) is 5.47. The highest BCUT2D eigenvalue weighted by molar-refractivity contribution is 5.86. The van der Waals surface area contributed by atoms with Gasteiger partial charge >= 0.3 is 0 Å². The minimum absolute atomic E-state index is 0.0194. The molecule has 1 atom stereocenters. The molecule has 1 amide bonds. The first-order chi connectivity index (χ1) is 7.62. The van der Waals surface area contributed by atoms with Crippen LogP contribution in [0.4, 0.5) is 0 Å². The van der Waals surface area contributed by atoms with Crippen LogP contribution < -0.4 is 5.32 Å². The lowest BCUT2D eigenvalue weighted by atomic mass is 9.83. The van der Waals surface area contributed by atoms with E-state index >= 15 is 0 Å². The molecule has 1 aromatic rings. The zero-order chi connectivity index (χ0) is 12.0. The lowest BCUT2D eigenvalue weighted by molar-refractivity contribution is -0.116. The lowest BCUT2D eigenvalue weighted by Gasteiger charge is -2.27. The molecule has 0 aliphatic carbocycles. The molecular formula is C13H17NO2. The molecule has 0 fully saturated rings. The first-order valence-electron chi connectivity index (χ1n) is 5.19. The van der Waals surface area contributed by atoms with Gasteiger partial charge in [-0.1, -0.05) is 43.8 Å². The predicted octanol–water partition coefficient (Wildman–Crippen LogP) is 1.24. The average molecular weight is 219 g/mol. The minimum atomic E-state index is -0.458. The molecule has 16 heavy (non-hydrogen) atoms. The summed E-state index contributed by atoms with van der Waals surface area (Å²) in [7, 11) is 0. The maximum Gasteiger partial charge on any atom is 0.243 e. The van der Waals surface area contributed by atoms with Gasteiger partial charge < -0.3 is 10.4 Å². The van der Waals surface area contributed by atoms with E-state index in [4.69, 9.17) is 0 Å². The predicted molar refractivity (Wildman–Crippen MR) is 64.1 cm³/mol. The Balaban J connectivity index is 2.78. The van der Waals surface area contributed by atoms with E-state index in [9.17, 15) is 9.90 Å². The lowest BCUT2D eigenvalue weighted by Crippen LogP contribution is -2.40. The van der Waals surface area contributed by atoms with Crippen LogP contribution in [0.5, 0.6) is 0 Å². The summed E-state index contributed by atoms with van der Waals surface area (Å²) in [6.45, 7) is 5.66. The van der Waals surface area contributed by atoms with Gasteiger partial charge in [-0.2, -0.15) is 0 Å². The Bertz CT molecular complexity index is 361. The van der Waals surface area contributed by atoms with Crippen molar-refractivity contribution in [3.63, 3.8) is 0 Å². The normalized spacial score (nSPS) is 13.9. The van der Waals surface area contributed by atoms with Crippen LogP contribution in [0.2, 0.25) is 0 Å². The smallest absolute Gasteiger partial charge is 0.243 e. The van der Waals surface area contributed by atoms with Crippen molar-refractivity contribution in [2.75, 3.05) is 13.2 Å². The number of hydrogen-bond donors (Lipinski definition) is 2. The monoisotopic (exact) mass is 219 g/mol. The number of amides is 1. The van der Waals surface area contributed by atoms with Crippen molar-refractivity contribution in [3.05, 3.63) is 48.6 Å². The fraction of sp³-hybridized carbons (Fsp3) is 0.308. The quantitative estimate of drug-likeness (QED) is 0.732. The summed E-state index contributed by atoms with van der Waals surface area (Å²) >= 11 is 0. The van der Waals surface area contributed by atoms with Gasteiger partial charge in [-0.3, -0.25) is 4.79 Å². The molecule has 0 aromatic heterocycles. The average Bonchev–Trinajstić information content (AvgIpc) is 2.36. The molecule has 0 spiro atoms. The third-order valence-electron chi connectivity index (χ3n) is 2.66. The molecule has 1 aromatic carbocycles. The van der Waals surface area contributed by atoms with Gasteiger partial charge in [-0.05, 0) is 11.6 Å². The molecule has 1 unspecified atom stereocenters. The molecule has 2 N–H and O–H groups in total. The van der Waals surface area contributed by atoms with E-state index < -0.39 is 5.41 Å². The Morgan fingerprint density at radius 2 is 2.12 bits per heavy atom. The number of carbonyl (C=O) groups is 1. The summed E-state index contributed by atoms with van der Waals surface area (Å²) in [5.74, 6) is -0.226. The van der Waals surface area contributed by atoms with E-state index in [1.54, 1.807) is 0 Å². The third-order valence-corrected chi connectivity index (χ3v) is 2.66. The SMILES string of the molecule is C=CC(=O)NCC(C)(CO)c1ccccc1. The van der Waals surface area contributed by atoms with Gasteiger partial charge in [0.2, 0.25) is 5.91 Å². The molecule has 0 saturated heterocycles. The van der Waals surface area contributed by atoms with E-state index in [2.05, 4.69) is 11.9 Å². The maximum absolute atomic E-state index is 11.1. The summed E-state index contributed by atoms with van der Waals surface area (Å²) < 4.78 is 0. The second-order valence-electron chi connectivity index (χ2n) is 4.01. The zero-order valence-corrected chi connectivity index (χ0v) is 9.44. The molecular weight excluding hydrogens is 202 g/mol. The van der Waals surface area contributed by atoms with Crippen LogP contribution in [0.3, 0.4) is 0 Å². The van der Waals surface area contributed by atoms with Crippen LogP contribution in [0.25, 0.3) is 0 Å². The van der Waals surface area contributed by atoms with E-state index in [1.165, 1.54) is 6.08 Å². The molecule has 0 aliphatic heterocycles. The largest absolute Gasteiger partial charge is 0.395 e. The highest BCUT2D eigenvalue weighted by Gasteiger charge is 2.25. The third kappa shape index (κ3) is 2.94. The fourth-order valence-electron chi connectivity index (χ4n) is 1.44. The van der Waals surface area contributed by atoms with Crippen LogP contribution in [0, 0.1) is 0 Å². The molecule has 3 heteroatoms. The van der Waals surface area contributed by atoms with E-state index in [-0.39, 0.29) is 12.5 Å². The number of hydrogen-bond acceptors (Lipinski definition) is 2. The van der Waals surface area contributed by atoms with Crippen molar-refractivity contribution in [2.24, 2.45) is 0 Å². The van der Waals surface area contributed by atoms with Crippen LogP contribution in [0.1, 0.15) is 12.5 Å². The Labute approximate surface area is 95.8 Å². The number of rotatable bonds is 5. The van der Waals surface area contributed by atoms with Crippen molar-refractivity contribution in [1.29, 1.82) is 0 Å². The zero-order valence-electron chi connectivity index (χ0n) is 9.44. The summed E-state index contributed by atoms with van der Waals surface area (Å²) in [5.41, 5.74) is 0.543. The number of nitrogens with one attached hydrogen (secondary N) is 1. The molecule has 0 aliphatic rings. The van der Waals surface area contributed by atoms with E-state index in [0.717, 1.165) is 5.56 Å². The van der Waals surface area contributed by atoms with Gasteiger partial charge in [0.25, 0.3) is 0 Å². The first kappa shape index (κ1) is 12.5. The molecule has 0 heterocycles. The highest BCUT2D eigenvalue weighted by atomic mass is 16.3. The Hall–Kier alpha value is -1.61. The number of aliphatic hydroxyl groups is 1. The number of aliphatic hydroxyl groups excluding tert-OH is 1.